The van der Waals surface area contributed by atoms with Crippen molar-refractivity contribution in [2.75, 3.05) is 11.9 Å². The zero-order valence-electron chi connectivity index (χ0n) is 14.3. The molecule has 1 aliphatic carbocycles. The molecular formula is C18H28N4O. The number of carbonyl (C=O) groups excluding carboxylic acids is 1. The van der Waals surface area contributed by atoms with Crippen LogP contribution in [-0.2, 0) is 11.2 Å². The van der Waals surface area contributed by atoms with Crippen LogP contribution in [0, 0.1) is 6.92 Å². The Labute approximate surface area is 138 Å². The highest BCUT2D eigenvalue weighted by atomic mass is 16.2. The molecule has 0 spiro atoms. The van der Waals surface area contributed by atoms with Gasteiger partial charge in [-0.15, -0.1) is 0 Å². The van der Waals surface area contributed by atoms with Crippen LogP contribution in [-0.4, -0.2) is 39.4 Å². The lowest BCUT2D eigenvalue weighted by Crippen LogP contribution is -2.37. The minimum atomic E-state index is 0.172. The zero-order chi connectivity index (χ0) is 16.2. The Morgan fingerprint density at radius 2 is 2.00 bits per heavy atom. The molecule has 5 nitrogen and oxygen atoms in total. The molecule has 3 rings (SSSR count). The van der Waals surface area contributed by atoms with E-state index < -0.39 is 0 Å². The molecule has 0 aromatic carbocycles. The molecule has 1 N–H and O–H groups in total. The molecule has 2 aliphatic rings. The van der Waals surface area contributed by atoms with Crippen LogP contribution in [0.15, 0.2) is 6.20 Å². The van der Waals surface area contributed by atoms with Gasteiger partial charge in [-0.05, 0) is 26.2 Å². The first-order valence-electron chi connectivity index (χ1n) is 9.06. The van der Waals surface area contributed by atoms with Crippen LogP contribution in [0.5, 0.6) is 0 Å². The predicted molar refractivity (Wildman–Crippen MR) is 91.4 cm³/mol. The van der Waals surface area contributed by atoms with Crippen LogP contribution < -0.4 is 5.32 Å². The summed E-state index contributed by atoms with van der Waals surface area (Å²) in [6.07, 6.45) is 10.9. The van der Waals surface area contributed by atoms with E-state index in [9.17, 15) is 4.79 Å². The first kappa shape index (κ1) is 16.2. The molecule has 126 valence electrons. The molecule has 0 radical (unpaired) electrons. The molecule has 1 amide bonds. The third kappa shape index (κ3) is 3.82. The molecule has 1 saturated carbocycles. The van der Waals surface area contributed by atoms with Gasteiger partial charge in [-0.3, -0.25) is 4.79 Å². The van der Waals surface area contributed by atoms with Gasteiger partial charge in [-0.1, -0.05) is 32.6 Å². The molecule has 1 atom stereocenters. The van der Waals surface area contributed by atoms with Gasteiger partial charge in [0, 0.05) is 30.8 Å². The van der Waals surface area contributed by atoms with Crippen LogP contribution in [0.3, 0.4) is 0 Å². The summed E-state index contributed by atoms with van der Waals surface area (Å²) in [6.45, 7) is 4.83. The SMILES string of the molecule is CCc1cnc(C)nc1NC1CC(=O)N(C2CCCCCC2)C1. The first-order valence-corrected chi connectivity index (χ1v) is 9.06. The molecule has 1 aromatic rings. The van der Waals surface area contributed by atoms with Crippen molar-refractivity contribution in [1.29, 1.82) is 0 Å². The van der Waals surface area contributed by atoms with Crippen molar-refractivity contribution < 1.29 is 4.79 Å². The Morgan fingerprint density at radius 1 is 1.26 bits per heavy atom. The molecule has 1 aliphatic heterocycles. The number of nitrogens with one attached hydrogen (secondary N) is 1. The second kappa shape index (κ2) is 7.28. The molecule has 1 aromatic heterocycles. The van der Waals surface area contributed by atoms with Gasteiger partial charge in [0.1, 0.15) is 11.6 Å². The molecule has 0 bridgehead atoms. The quantitative estimate of drug-likeness (QED) is 0.867. The third-order valence-electron chi connectivity index (χ3n) is 5.13. The van der Waals surface area contributed by atoms with Gasteiger partial charge in [-0.2, -0.15) is 0 Å². The number of carbonyl (C=O) groups is 1. The smallest absolute Gasteiger partial charge is 0.225 e. The lowest BCUT2D eigenvalue weighted by molar-refractivity contribution is -0.129. The predicted octanol–water partition coefficient (Wildman–Crippen LogP) is 3.08. The highest BCUT2D eigenvalue weighted by Gasteiger charge is 2.34. The second-order valence-electron chi connectivity index (χ2n) is 6.88. The fourth-order valence-electron chi connectivity index (χ4n) is 3.82. The molecule has 1 unspecified atom stereocenters. The van der Waals surface area contributed by atoms with Gasteiger partial charge < -0.3 is 10.2 Å². The Bertz CT molecular complexity index is 552. The van der Waals surface area contributed by atoms with Crippen LogP contribution in [0.25, 0.3) is 0 Å². The third-order valence-corrected chi connectivity index (χ3v) is 5.13. The van der Waals surface area contributed by atoms with Gasteiger partial charge in [-0.25, -0.2) is 9.97 Å². The minimum absolute atomic E-state index is 0.172. The summed E-state index contributed by atoms with van der Waals surface area (Å²) in [4.78, 5) is 23.4. The average molecular weight is 316 g/mol. The summed E-state index contributed by atoms with van der Waals surface area (Å²) in [7, 11) is 0. The number of rotatable bonds is 4. The van der Waals surface area contributed by atoms with Crippen molar-refractivity contribution in [2.45, 2.75) is 77.3 Å². The van der Waals surface area contributed by atoms with Gasteiger partial charge >= 0.3 is 0 Å². The van der Waals surface area contributed by atoms with Gasteiger partial charge in [0.05, 0.1) is 6.04 Å². The van der Waals surface area contributed by atoms with Crippen molar-refractivity contribution in [2.24, 2.45) is 0 Å². The monoisotopic (exact) mass is 316 g/mol. The van der Waals surface area contributed by atoms with Crippen LogP contribution >= 0.6 is 0 Å². The summed E-state index contributed by atoms with van der Waals surface area (Å²) in [5.74, 6) is 1.98. The van der Waals surface area contributed by atoms with Crippen molar-refractivity contribution in [1.82, 2.24) is 14.9 Å². The Balaban J connectivity index is 1.66. The van der Waals surface area contributed by atoms with E-state index in [1.807, 2.05) is 13.1 Å². The van der Waals surface area contributed by atoms with Crippen molar-refractivity contribution in [3.63, 3.8) is 0 Å². The number of hydrogen-bond acceptors (Lipinski definition) is 4. The van der Waals surface area contributed by atoms with Crippen molar-refractivity contribution in [3.05, 3.63) is 17.6 Å². The van der Waals surface area contributed by atoms with E-state index in [-0.39, 0.29) is 6.04 Å². The summed E-state index contributed by atoms with van der Waals surface area (Å²) >= 11 is 0. The lowest BCUT2D eigenvalue weighted by Gasteiger charge is -2.27. The summed E-state index contributed by atoms with van der Waals surface area (Å²) in [6, 6.07) is 0.625. The van der Waals surface area contributed by atoms with E-state index in [2.05, 4.69) is 27.1 Å². The molecule has 5 heteroatoms. The van der Waals surface area contributed by atoms with E-state index >= 15 is 0 Å². The largest absolute Gasteiger partial charge is 0.365 e. The zero-order valence-corrected chi connectivity index (χ0v) is 14.3. The summed E-state index contributed by atoms with van der Waals surface area (Å²) in [5, 5.41) is 3.50. The van der Waals surface area contributed by atoms with Crippen molar-refractivity contribution in [3.8, 4) is 0 Å². The fourth-order valence-corrected chi connectivity index (χ4v) is 3.82. The van der Waals surface area contributed by atoms with Gasteiger partial charge in [0.2, 0.25) is 5.91 Å². The maximum Gasteiger partial charge on any atom is 0.225 e. The first-order chi connectivity index (χ1) is 11.2. The average Bonchev–Trinajstić information content (AvgIpc) is 2.75. The molecular weight excluding hydrogens is 288 g/mol. The van der Waals surface area contributed by atoms with E-state index in [1.54, 1.807) is 0 Å². The Kier molecular flexibility index (Phi) is 5.13. The fraction of sp³-hybridized carbons (Fsp3) is 0.722. The normalized spacial score (nSPS) is 23.1. The number of anilines is 1. The topological polar surface area (TPSA) is 58.1 Å². The minimum Gasteiger partial charge on any atom is -0.365 e. The number of likely N-dealkylation sites (tertiary alicyclic amines) is 1. The van der Waals surface area contributed by atoms with E-state index in [0.29, 0.717) is 18.4 Å². The highest BCUT2D eigenvalue weighted by molar-refractivity contribution is 5.80. The Morgan fingerprint density at radius 3 is 2.70 bits per heavy atom. The van der Waals surface area contributed by atoms with E-state index in [0.717, 1.165) is 30.2 Å². The lowest BCUT2D eigenvalue weighted by atomic mass is 10.1. The number of nitrogens with zero attached hydrogens (tertiary/aromatic N) is 3. The van der Waals surface area contributed by atoms with Gasteiger partial charge in [0.25, 0.3) is 0 Å². The summed E-state index contributed by atoms with van der Waals surface area (Å²) < 4.78 is 0. The molecule has 2 heterocycles. The number of aromatic nitrogens is 2. The molecule has 23 heavy (non-hydrogen) atoms. The van der Waals surface area contributed by atoms with Crippen LogP contribution in [0.1, 0.15) is 63.3 Å². The Hall–Kier alpha value is -1.65. The van der Waals surface area contributed by atoms with Crippen LogP contribution in [0.2, 0.25) is 0 Å². The maximum atomic E-state index is 12.5. The summed E-state index contributed by atoms with van der Waals surface area (Å²) in [5.41, 5.74) is 1.12. The molecule has 2 fully saturated rings. The maximum absolute atomic E-state index is 12.5. The number of hydrogen-bond donors (Lipinski definition) is 1. The second-order valence-corrected chi connectivity index (χ2v) is 6.88. The van der Waals surface area contributed by atoms with E-state index in [4.69, 9.17) is 0 Å². The number of amides is 1. The highest BCUT2D eigenvalue weighted by Crippen LogP contribution is 2.27. The molecule has 1 saturated heterocycles. The standard InChI is InChI=1S/C18H28N4O/c1-3-14-11-19-13(2)20-18(14)21-15-10-17(23)22(12-15)16-8-6-4-5-7-9-16/h11,15-16H,3-10,12H2,1-2H3,(H,19,20,21). The van der Waals surface area contributed by atoms with Crippen LogP contribution in [0.4, 0.5) is 5.82 Å². The van der Waals surface area contributed by atoms with Gasteiger partial charge in [0.15, 0.2) is 0 Å². The number of aryl methyl sites for hydroxylation is 2. The van der Waals surface area contributed by atoms with E-state index in [1.165, 1.54) is 38.5 Å². The van der Waals surface area contributed by atoms with Crippen molar-refractivity contribution >= 4 is 11.7 Å².